The van der Waals surface area contributed by atoms with Gasteiger partial charge in [-0.25, -0.2) is 4.79 Å². The minimum absolute atomic E-state index is 0.208. The second-order valence-electron chi connectivity index (χ2n) is 30.8. The minimum Gasteiger partial charge on any atom is -0.463 e. The summed E-state index contributed by atoms with van der Waals surface area (Å²) >= 11 is 0. The minimum atomic E-state index is -2.48. The molecule has 1 aromatic rings. The first-order chi connectivity index (χ1) is 59.9. The number of hydrogen-bond acceptors (Lipinski definition) is 47. The van der Waals surface area contributed by atoms with Crippen molar-refractivity contribution in [2.75, 3.05) is 33.0 Å². The highest BCUT2D eigenvalue weighted by Crippen LogP contribution is 2.43. The van der Waals surface area contributed by atoms with Crippen molar-refractivity contribution in [3.8, 4) is 0 Å². The summed E-state index contributed by atoms with van der Waals surface area (Å²) in [5, 5.41) is 14.1. The van der Waals surface area contributed by atoms with Crippen LogP contribution in [0.5, 0.6) is 0 Å². The first-order valence-corrected chi connectivity index (χ1v) is 39.9. The third-order valence-electron chi connectivity index (χ3n) is 19.0. The number of hydrogen-bond donors (Lipinski definition) is 2. The van der Waals surface area contributed by atoms with Crippen LogP contribution in [0.25, 0.3) is 0 Å². The van der Waals surface area contributed by atoms with Gasteiger partial charge in [0.05, 0.1) is 17.1 Å². The van der Waals surface area contributed by atoms with Gasteiger partial charge in [0.2, 0.25) is 5.91 Å². The molecule has 6 aliphatic heterocycles. The smallest absolute Gasteiger partial charge is 0.338 e. The molecule has 128 heavy (non-hydrogen) atoms. The molecule has 714 valence electrons. The molecule has 48 heteroatoms. The molecule has 1 unspecified atom stereocenters. The fourth-order valence-electron chi connectivity index (χ4n) is 14.2. The van der Waals surface area contributed by atoms with Gasteiger partial charge in [0, 0.05) is 111 Å². The Kier molecular flexibility index (Phi) is 38.3. The lowest BCUT2D eigenvalue weighted by atomic mass is 9.93. The molecule has 0 saturated carbocycles. The highest BCUT2D eigenvalue weighted by Gasteiger charge is 2.64. The summed E-state index contributed by atoms with van der Waals surface area (Å²) in [6, 6.07) is 4.70. The molecule has 48 nitrogen and oxygen atoms in total. The van der Waals surface area contributed by atoms with E-state index < -0.39 is 330 Å². The molecule has 1 aromatic carbocycles. The topological polar surface area (TPSA) is 598 Å². The van der Waals surface area contributed by atoms with Crippen LogP contribution in [0.3, 0.4) is 0 Å². The van der Waals surface area contributed by atoms with E-state index >= 15 is 0 Å². The number of aliphatic hydroxyl groups is 1. The van der Waals surface area contributed by atoms with Crippen LogP contribution in [-0.2, 0) is 214 Å². The van der Waals surface area contributed by atoms with Gasteiger partial charge in [-0.2, -0.15) is 0 Å². The van der Waals surface area contributed by atoms with E-state index in [0.29, 0.717) is 0 Å². The molecule has 30 atom stereocenters. The first kappa shape index (κ1) is 104. The lowest BCUT2D eigenvalue weighted by Crippen LogP contribution is -2.72. The molecule has 0 aliphatic carbocycles. The van der Waals surface area contributed by atoms with Crippen molar-refractivity contribution >= 4 is 107 Å². The maximum atomic E-state index is 14.8. The Labute approximate surface area is 731 Å². The monoisotopic (exact) mass is 1830 g/mol. The van der Waals surface area contributed by atoms with Crippen LogP contribution < -0.4 is 5.32 Å². The summed E-state index contributed by atoms with van der Waals surface area (Å²) in [5.74, 6) is -20.1. The summed E-state index contributed by atoms with van der Waals surface area (Å²) in [4.78, 5) is 243. The predicted octanol–water partition coefficient (Wildman–Crippen LogP) is -0.905. The highest BCUT2D eigenvalue weighted by atomic mass is 16.8. The van der Waals surface area contributed by atoms with Crippen molar-refractivity contribution in [1.82, 2.24) is 5.32 Å². The van der Waals surface area contributed by atoms with Gasteiger partial charge in [0.25, 0.3) is 0 Å². The molecule has 6 aliphatic rings. The number of benzene rings is 1. The zero-order chi connectivity index (χ0) is 95.4. The summed E-state index contributed by atoms with van der Waals surface area (Å²) in [5.41, 5.74) is -1.54. The average Bonchev–Trinajstić information content (AvgIpc) is 0.753. The molecule has 6 heterocycles. The molecule has 0 radical (unpaired) electrons. The normalized spacial score (nSPS) is 32.6. The summed E-state index contributed by atoms with van der Waals surface area (Å²) < 4.78 is 170. The summed E-state index contributed by atoms with van der Waals surface area (Å²) in [6.07, 6.45) is -61.8. The van der Waals surface area contributed by atoms with Crippen LogP contribution in [0.15, 0.2) is 30.3 Å². The Morgan fingerprint density at radius 3 is 0.938 bits per heavy atom. The van der Waals surface area contributed by atoms with Crippen LogP contribution >= 0.6 is 0 Å². The maximum absolute atomic E-state index is 14.8. The molecule has 6 fully saturated rings. The summed E-state index contributed by atoms with van der Waals surface area (Å²) in [6.45, 7) is 15.1. The molecule has 0 bridgehead atoms. The first-order valence-electron chi connectivity index (χ1n) is 39.9. The van der Waals surface area contributed by atoms with Crippen molar-refractivity contribution in [3.63, 3.8) is 0 Å². The van der Waals surface area contributed by atoms with Crippen molar-refractivity contribution in [3.05, 3.63) is 35.9 Å². The van der Waals surface area contributed by atoms with Crippen molar-refractivity contribution < 1.29 is 224 Å². The zero-order valence-corrected chi connectivity index (χ0v) is 73.5. The molecule has 0 spiro atoms. The third kappa shape index (κ3) is 29.9. The molecule has 0 aromatic heterocycles. The van der Waals surface area contributed by atoms with Gasteiger partial charge in [-0.15, -0.1) is 0 Å². The molecular weight excluding hydrogens is 1730 g/mol. The molecule has 6 saturated heterocycles. The second kappa shape index (κ2) is 47.0. The molecule has 1 amide bonds. The highest BCUT2D eigenvalue weighted by molar-refractivity contribution is 5.89. The SMILES string of the molecule is CC(=O)N[C@H]1[C@H](O[C@H]2[C@@H](OC(C)=O)[C@@H](COC(C)=O)O[C@H](O[C@@H]3[C@H](OC(C)=O)[C@@H](OC(C)=O)[C@H](O[C@H]4[C@H](OC(C)=O)[C@@H](OC(=O)C(C)(C)C)C(O)O[C@@H]4COC(C)=O)O[C@@H]3COC(C)=O)[C@@H]2OC(C)=O)O[C@H](COC(C)=O)[C@H](OC(C)=O)[C@@H]1O[C@@H]1O[C@H](COC(C)=O)[C@H](OC(C)=O)[C@H](OC(=O)c2ccccc2)[C@H]1O[C@@H]1O[C@@H](C)[C@@H](OC(C)=O)[C@@H](OC(C)=O)[C@@H]1OC(C)=O. The third-order valence-corrected chi connectivity index (χ3v) is 19.0. The number of amides is 1. The van der Waals surface area contributed by atoms with E-state index in [1.165, 1.54) is 58.0 Å². The van der Waals surface area contributed by atoms with Crippen LogP contribution in [0.2, 0.25) is 0 Å². The fraction of sp³-hybridized carbons (Fsp3) is 0.700. The largest absolute Gasteiger partial charge is 0.463 e. The van der Waals surface area contributed by atoms with Crippen molar-refractivity contribution in [2.24, 2.45) is 5.41 Å². The number of esters is 17. The number of ether oxygens (including phenoxy) is 28. The number of aliphatic hydroxyl groups excluding tert-OH is 1. The van der Waals surface area contributed by atoms with Gasteiger partial charge in [-0.1, -0.05) is 18.2 Å². The molecule has 2 N–H and O–H groups in total. The quantitative estimate of drug-likeness (QED) is 0.0623. The Morgan fingerprint density at radius 2 is 0.562 bits per heavy atom. The van der Waals surface area contributed by atoms with Gasteiger partial charge in [-0.05, 0) is 39.8 Å². The van der Waals surface area contributed by atoms with E-state index in [1.54, 1.807) is 0 Å². The Bertz CT molecular complexity index is 4130. The van der Waals surface area contributed by atoms with Crippen LogP contribution in [0.4, 0.5) is 0 Å². The van der Waals surface area contributed by atoms with Gasteiger partial charge >= 0.3 is 101 Å². The fourth-order valence-corrected chi connectivity index (χ4v) is 14.2. The Morgan fingerprint density at radius 1 is 0.289 bits per heavy atom. The zero-order valence-electron chi connectivity index (χ0n) is 73.5. The van der Waals surface area contributed by atoms with E-state index in [2.05, 4.69) is 5.32 Å². The van der Waals surface area contributed by atoms with Gasteiger partial charge < -0.3 is 143 Å². The number of carbonyl (C=O) groups excluding carboxylic acids is 18. The van der Waals surface area contributed by atoms with E-state index in [-0.39, 0.29) is 5.56 Å². The van der Waals surface area contributed by atoms with Gasteiger partial charge in [0.1, 0.15) is 94.0 Å². The maximum Gasteiger partial charge on any atom is 0.338 e. The van der Waals surface area contributed by atoms with E-state index in [1.807, 2.05) is 0 Å². The number of rotatable bonds is 34. The van der Waals surface area contributed by atoms with Gasteiger partial charge in [-0.3, -0.25) is 81.5 Å². The van der Waals surface area contributed by atoms with Crippen molar-refractivity contribution in [2.45, 2.75) is 323 Å². The lowest BCUT2D eigenvalue weighted by Gasteiger charge is -2.52. The van der Waals surface area contributed by atoms with Crippen LogP contribution in [-0.4, -0.2) is 330 Å². The van der Waals surface area contributed by atoms with Crippen molar-refractivity contribution in [1.29, 1.82) is 0 Å². The second-order valence-corrected chi connectivity index (χ2v) is 30.8. The standard InChI is InChI=1S/C80H107NO47/c1-31-55(107-38(8)88)62(111-42(12)92)68(114-45(15)95)75(106-31)127-71-65(122-72(98)48-24-22-21-23-25-48)57(109-40(10)90)51(28-103-35(5)85)120-78(71)125-61-54(81-32(2)82)74(118-50(27-102-34(4)84)56(61)108-39(9)89)126-66-58(110-41(11)91)52(29-104-36(6)86)119-77(70(66)116-47(17)97)124-60-53(30-105-37(7)87)121-76(69(115-46(16)96)64(60)113-44(14)94)123-59-49(26-101-33(3)83)117-73(99)67(63(59)112-43(13)93)128-79(100)80(18,19)20/h21-25,31,49-71,73-78,99H,26-30H2,1-20H3,(H,81,82)/t31-,49+,50+,51+,52+,53+,54+,55+,56-,57-,58-,59+,60-,61+,62+,63-,64-,65-,66-,67+,68-,69+,70+,71+,73?,74-,75-,76-,77+,78-/m0/s1. The summed E-state index contributed by atoms with van der Waals surface area (Å²) in [7, 11) is 0. The average molecular weight is 1830 g/mol. The molecule has 7 rings (SSSR count). The van der Waals surface area contributed by atoms with Crippen LogP contribution in [0, 0.1) is 5.41 Å². The van der Waals surface area contributed by atoms with Gasteiger partial charge in [0.15, 0.2) is 117 Å². The lowest BCUT2D eigenvalue weighted by molar-refractivity contribution is -0.393. The van der Waals surface area contributed by atoms with E-state index in [9.17, 15) is 91.4 Å². The Balaban J connectivity index is 1.50. The van der Waals surface area contributed by atoms with E-state index in [0.717, 1.165) is 111 Å². The predicted molar refractivity (Wildman–Crippen MR) is 406 cm³/mol. The number of carbonyl (C=O) groups is 18. The Hall–Kier alpha value is -10.8. The molecular formula is C80H107NO47. The van der Waals surface area contributed by atoms with Crippen LogP contribution in [0.1, 0.15) is 149 Å². The van der Waals surface area contributed by atoms with E-state index in [4.69, 9.17) is 133 Å². The number of nitrogens with one attached hydrogen (secondary N) is 1.